The van der Waals surface area contributed by atoms with Crippen LogP contribution < -0.4 is 19.3 Å². The molecule has 0 amide bonds. The number of fused-ring (bicyclic) bond motifs is 1. The summed E-state index contributed by atoms with van der Waals surface area (Å²) >= 11 is 0. The minimum Gasteiger partial charge on any atom is -0.493 e. The smallest absolute Gasteiger partial charge is 0.323 e. The van der Waals surface area contributed by atoms with Gasteiger partial charge in [-0.2, -0.15) is 0 Å². The highest BCUT2D eigenvalue weighted by Crippen LogP contribution is 2.50. The van der Waals surface area contributed by atoms with Crippen molar-refractivity contribution in [3.63, 3.8) is 0 Å². The summed E-state index contributed by atoms with van der Waals surface area (Å²) in [6, 6.07) is 11.1. The quantitative estimate of drug-likeness (QED) is 0.314. The number of hydrogen-bond acceptors (Lipinski definition) is 7. The van der Waals surface area contributed by atoms with E-state index < -0.39 is 19.5 Å². The first-order valence-corrected chi connectivity index (χ1v) is 14.6. The van der Waals surface area contributed by atoms with E-state index in [0.29, 0.717) is 43.4 Å². The maximum atomic E-state index is 14.2. The third kappa shape index (κ3) is 6.86. The Morgan fingerprint density at radius 2 is 1.89 bits per heavy atom. The van der Waals surface area contributed by atoms with Crippen molar-refractivity contribution >= 4 is 13.4 Å². The van der Waals surface area contributed by atoms with Crippen LogP contribution in [0.1, 0.15) is 38.7 Å². The first kappa shape index (κ1) is 28.4. The SMILES string of the molecule is COCP(=O)(NC(C)C(=O)OC(C)C)N1CC[C@@H](c2ccc(F)cc2)[C@H](COc2ccc3c(c2)OCO3)C1. The molecular formula is C27H36FN2O7P. The van der Waals surface area contributed by atoms with Gasteiger partial charge in [0, 0.05) is 32.2 Å². The van der Waals surface area contributed by atoms with Gasteiger partial charge in [0.25, 0.3) is 0 Å². The summed E-state index contributed by atoms with van der Waals surface area (Å²) in [5.41, 5.74) is 0.994. The minimum absolute atomic E-state index is 0.0557. The number of benzene rings is 2. The highest BCUT2D eigenvalue weighted by Gasteiger charge is 2.41. The van der Waals surface area contributed by atoms with Gasteiger partial charge in [0.15, 0.2) is 11.5 Å². The second-order valence-electron chi connectivity index (χ2n) is 9.90. The zero-order valence-corrected chi connectivity index (χ0v) is 23.1. The molecule has 2 aliphatic rings. The van der Waals surface area contributed by atoms with Crippen LogP contribution in [-0.2, 0) is 18.8 Å². The number of carbonyl (C=O) groups excluding carboxylic acids is 1. The molecule has 1 N–H and O–H groups in total. The van der Waals surface area contributed by atoms with Crippen LogP contribution in [0.15, 0.2) is 42.5 Å². The van der Waals surface area contributed by atoms with E-state index >= 15 is 0 Å². The highest BCUT2D eigenvalue weighted by molar-refractivity contribution is 7.59. The molecule has 0 bridgehead atoms. The molecule has 2 aromatic carbocycles. The van der Waals surface area contributed by atoms with Gasteiger partial charge < -0.3 is 23.7 Å². The van der Waals surface area contributed by atoms with Crippen LogP contribution in [-0.4, -0.2) is 62.7 Å². The molecule has 9 nitrogen and oxygen atoms in total. The van der Waals surface area contributed by atoms with E-state index in [1.807, 2.05) is 10.7 Å². The van der Waals surface area contributed by atoms with E-state index in [1.54, 1.807) is 45.0 Å². The van der Waals surface area contributed by atoms with Gasteiger partial charge in [0.1, 0.15) is 24.0 Å². The summed E-state index contributed by atoms with van der Waals surface area (Å²) in [4.78, 5) is 12.5. The van der Waals surface area contributed by atoms with Crippen LogP contribution in [0.3, 0.4) is 0 Å². The van der Waals surface area contributed by atoms with Crippen molar-refractivity contribution < 1.29 is 37.4 Å². The lowest BCUT2D eigenvalue weighted by atomic mass is 9.81. The molecule has 2 aliphatic heterocycles. The number of carbonyl (C=O) groups is 1. The zero-order valence-electron chi connectivity index (χ0n) is 22.2. The van der Waals surface area contributed by atoms with Gasteiger partial charge in [0.05, 0.1) is 12.7 Å². The molecule has 0 aromatic heterocycles. The Morgan fingerprint density at radius 1 is 1.16 bits per heavy atom. The van der Waals surface area contributed by atoms with Gasteiger partial charge in [0.2, 0.25) is 14.2 Å². The molecule has 0 saturated carbocycles. The normalized spacial score (nSPS) is 21.6. The Kier molecular flexibility index (Phi) is 9.31. The van der Waals surface area contributed by atoms with Crippen molar-refractivity contribution in [2.24, 2.45) is 5.92 Å². The third-order valence-electron chi connectivity index (χ3n) is 6.68. The monoisotopic (exact) mass is 550 g/mol. The Morgan fingerprint density at radius 3 is 2.61 bits per heavy atom. The summed E-state index contributed by atoms with van der Waals surface area (Å²) in [6.45, 7) is 6.60. The van der Waals surface area contributed by atoms with Crippen LogP contribution >= 0.6 is 7.44 Å². The van der Waals surface area contributed by atoms with Crippen molar-refractivity contribution in [2.45, 2.75) is 45.3 Å². The average molecular weight is 551 g/mol. The van der Waals surface area contributed by atoms with Gasteiger partial charge in [-0.15, -0.1) is 0 Å². The van der Waals surface area contributed by atoms with Crippen molar-refractivity contribution in [3.05, 3.63) is 53.8 Å². The van der Waals surface area contributed by atoms with Crippen LogP contribution in [0.4, 0.5) is 4.39 Å². The summed E-state index contributed by atoms with van der Waals surface area (Å²) in [5.74, 6) is 1.13. The van der Waals surface area contributed by atoms with Gasteiger partial charge in [-0.1, -0.05) is 12.1 Å². The predicted molar refractivity (Wildman–Crippen MR) is 140 cm³/mol. The molecule has 38 heavy (non-hydrogen) atoms. The molecule has 11 heteroatoms. The van der Waals surface area contributed by atoms with Crippen molar-refractivity contribution in [3.8, 4) is 17.2 Å². The van der Waals surface area contributed by atoms with E-state index in [9.17, 15) is 13.8 Å². The van der Waals surface area contributed by atoms with Gasteiger partial charge in [-0.3, -0.25) is 9.36 Å². The first-order valence-electron chi connectivity index (χ1n) is 12.8. The summed E-state index contributed by atoms with van der Waals surface area (Å²) in [6.07, 6.45) is 0.322. The number of ether oxygens (including phenoxy) is 5. The lowest BCUT2D eigenvalue weighted by molar-refractivity contribution is -0.149. The summed E-state index contributed by atoms with van der Waals surface area (Å²) in [7, 11) is -1.83. The van der Waals surface area contributed by atoms with E-state index in [1.165, 1.54) is 19.2 Å². The third-order valence-corrected chi connectivity index (χ3v) is 9.36. The summed E-state index contributed by atoms with van der Waals surface area (Å²) in [5, 5.41) is 3.01. The number of esters is 1. The van der Waals surface area contributed by atoms with Crippen molar-refractivity contribution in [1.82, 2.24) is 9.76 Å². The lowest BCUT2D eigenvalue weighted by Gasteiger charge is -2.42. The fraction of sp³-hybridized carbons (Fsp3) is 0.519. The molecular weight excluding hydrogens is 514 g/mol. The molecule has 4 atom stereocenters. The Balaban J connectivity index is 1.53. The maximum Gasteiger partial charge on any atom is 0.323 e. The number of nitrogens with zero attached hydrogens (tertiary/aromatic N) is 1. The Labute approximate surface area is 223 Å². The Bertz CT molecular complexity index is 1150. The summed E-state index contributed by atoms with van der Waals surface area (Å²) < 4.78 is 57.3. The zero-order chi connectivity index (χ0) is 27.3. The van der Waals surface area contributed by atoms with E-state index in [-0.39, 0.29) is 36.9 Å². The molecule has 2 unspecified atom stereocenters. The van der Waals surface area contributed by atoms with Crippen molar-refractivity contribution in [2.75, 3.05) is 39.9 Å². The fourth-order valence-electron chi connectivity index (χ4n) is 4.86. The average Bonchev–Trinajstić information content (AvgIpc) is 3.35. The molecule has 2 heterocycles. The number of halogens is 1. The standard InChI is InChI=1S/C27H36FN2O7P/c1-18(2)37-27(31)19(3)29-38(32,17-33-4)30-12-11-24(20-5-7-22(28)8-6-20)21(14-30)15-34-23-9-10-25-26(13-23)36-16-35-25/h5-10,13,18-19,21,24H,11-12,14-17H2,1-4H3,(H,29,32)/t19?,21-,24-,38?/m0/s1. The molecule has 1 fully saturated rings. The molecule has 208 valence electrons. The molecule has 0 radical (unpaired) electrons. The number of methoxy groups -OCH3 is 1. The van der Waals surface area contributed by atoms with Crippen LogP contribution in [0.2, 0.25) is 0 Å². The second-order valence-corrected chi connectivity index (χ2v) is 12.4. The number of piperidine rings is 1. The molecule has 0 aliphatic carbocycles. The molecule has 1 saturated heterocycles. The topological polar surface area (TPSA) is 95.6 Å². The number of hydrogen-bond donors (Lipinski definition) is 1. The van der Waals surface area contributed by atoms with E-state index in [0.717, 1.165) is 5.56 Å². The van der Waals surface area contributed by atoms with Crippen LogP contribution in [0.5, 0.6) is 17.2 Å². The lowest BCUT2D eigenvalue weighted by Crippen LogP contribution is -2.46. The van der Waals surface area contributed by atoms with Gasteiger partial charge >= 0.3 is 5.97 Å². The largest absolute Gasteiger partial charge is 0.493 e. The Hall–Kier alpha value is -2.65. The fourth-order valence-corrected chi connectivity index (χ4v) is 7.23. The molecule has 2 aromatic rings. The molecule has 0 spiro atoms. The highest BCUT2D eigenvalue weighted by atomic mass is 31.2. The van der Waals surface area contributed by atoms with Crippen LogP contribution in [0, 0.1) is 11.7 Å². The van der Waals surface area contributed by atoms with E-state index in [4.69, 9.17) is 23.7 Å². The van der Waals surface area contributed by atoms with Gasteiger partial charge in [-0.05, 0) is 62.9 Å². The second kappa shape index (κ2) is 12.5. The minimum atomic E-state index is -3.31. The van der Waals surface area contributed by atoms with E-state index in [2.05, 4.69) is 5.09 Å². The first-order chi connectivity index (χ1) is 18.2. The molecule has 4 rings (SSSR count). The number of nitrogens with one attached hydrogen (secondary N) is 1. The van der Waals surface area contributed by atoms with Crippen LogP contribution in [0.25, 0.3) is 0 Å². The van der Waals surface area contributed by atoms with Crippen molar-refractivity contribution in [1.29, 1.82) is 0 Å². The predicted octanol–water partition coefficient (Wildman–Crippen LogP) is 4.77. The number of rotatable bonds is 11. The van der Waals surface area contributed by atoms with Gasteiger partial charge in [-0.25, -0.2) is 14.1 Å². The maximum absolute atomic E-state index is 14.2.